The fourth-order valence-corrected chi connectivity index (χ4v) is 5.82. The average Bonchev–Trinajstić information content (AvgIpc) is 3.25. The molecule has 3 unspecified atom stereocenters. The predicted molar refractivity (Wildman–Crippen MR) is 113 cm³/mol. The van der Waals surface area contributed by atoms with E-state index < -0.39 is 17.6 Å². The van der Waals surface area contributed by atoms with E-state index in [9.17, 15) is 13.2 Å². The number of likely N-dealkylation sites (tertiary alicyclic amines) is 1. The summed E-state index contributed by atoms with van der Waals surface area (Å²) < 4.78 is 42.0. The maximum absolute atomic E-state index is 13.3. The highest BCUT2D eigenvalue weighted by Gasteiger charge is 2.58. The molecule has 168 valence electrons. The van der Waals surface area contributed by atoms with Crippen LogP contribution in [0.25, 0.3) is 11.3 Å². The van der Waals surface area contributed by atoms with Gasteiger partial charge in [0.1, 0.15) is 5.82 Å². The van der Waals surface area contributed by atoms with Gasteiger partial charge in [-0.05, 0) is 76.1 Å². The number of nitrogens with zero attached hydrogens (tertiary/aromatic N) is 4. The first-order chi connectivity index (χ1) is 14.8. The molecule has 3 heterocycles. The summed E-state index contributed by atoms with van der Waals surface area (Å²) in [5.41, 5.74) is 6.67. The molecular weight excluding hydrogens is 403 g/mol. The molecule has 8 heteroatoms. The zero-order valence-electron chi connectivity index (χ0n) is 18.1. The minimum Gasteiger partial charge on any atom is -0.383 e. The molecule has 2 N–H and O–H groups in total. The van der Waals surface area contributed by atoms with Gasteiger partial charge < -0.3 is 10.6 Å². The zero-order chi connectivity index (χ0) is 21.9. The van der Waals surface area contributed by atoms with Gasteiger partial charge in [-0.15, -0.1) is 0 Å². The highest BCUT2D eigenvalue weighted by Crippen LogP contribution is 2.64. The Labute approximate surface area is 180 Å². The van der Waals surface area contributed by atoms with Crippen LogP contribution in [0.15, 0.2) is 18.3 Å². The Morgan fingerprint density at radius 1 is 1.16 bits per heavy atom. The highest BCUT2D eigenvalue weighted by atomic mass is 19.4. The quantitative estimate of drug-likeness (QED) is 0.712. The number of anilines is 1. The fraction of sp³-hybridized carbons (Fsp3) is 0.652. The average molecular weight is 434 g/mol. The number of nitrogen functional groups attached to an aromatic ring is 1. The Kier molecular flexibility index (Phi) is 5.03. The van der Waals surface area contributed by atoms with Gasteiger partial charge in [0.05, 0.1) is 11.3 Å². The minimum atomic E-state index is -4.53. The molecule has 0 amide bonds. The number of hydrogen-bond acceptors (Lipinski definition) is 4. The van der Waals surface area contributed by atoms with Crippen LogP contribution in [-0.4, -0.2) is 38.8 Å². The number of rotatable bonds is 5. The van der Waals surface area contributed by atoms with Gasteiger partial charge in [0.25, 0.3) is 0 Å². The first-order valence-corrected chi connectivity index (χ1v) is 11.4. The van der Waals surface area contributed by atoms with E-state index in [1.165, 1.54) is 50.7 Å². The third kappa shape index (κ3) is 3.62. The maximum atomic E-state index is 13.3. The standard InChI is InChI=1S/C23H30F3N5/c1-3-13(2)31-20(21-16-9-15(10-17(16)21)30-6-4-5-7-30)11-19(29-31)14-8-18(23(24,25)26)22(27)28-12-14/h8,11-13,15-17,21H,3-7,9-10H2,1-2H3,(H2,27,28). The van der Waals surface area contributed by atoms with E-state index in [4.69, 9.17) is 10.8 Å². The van der Waals surface area contributed by atoms with Gasteiger partial charge in [0.15, 0.2) is 0 Å². The van der Waals surface area contributed by atoms with E-state index in [0.717, 1.165) is 12.5 Å². The molecule has 1 aliphatic heterocycles. The lowest BCUT2D eigenvalue weighted by Gasteiger charge is -2.25. The van der Waals surface area contributed by atoms with E-state index in [1.54, 1.807) is 0 Å². The smallest absolute Gasteiger partial charge is 0.383 e. The van der Waals surface area contributed by atoms with E-state index in [-0.39, 0.29) is 6.04 Å². The van der Waals surface area contributed by atoms with E-state index in [1.807, 2.05) is 10.7 Å². The molecule has 5 nitrogen and oxygen atoms in total. The van der Waals surface area contributed by atoms with Gasteiger partial charge in [-0.2, -0.15) is 18.3 Å². The van der Waals surface area contributed by atoms with Crippen LogP contribution >= 0.6 is 0 Å². The van der Waals surface area contributed by atoms with E-state index >= 15 is 0 Å². The van der Waals surface area contributed by atoms with E-state index in [2.05, 4.69) is 23.7 Å². The van der Waals surface area contributed by atoms with Crippen molar-refractivity contribution in [2.24, 2.45) is 11.8 Å². The highest BCUT2D eigenvalue weighted by molar-refractivity contribution is 5.63. The molecule has 3 fully saturated rings. The summed E-state index contributed by atoms with van der Waals surface area (Å²) in [4.78, 5) is 6.45. The van der Waals surface area contributed by atoms with Crippen LogP contribution in [0, 0.1) is 11.8 Å². The Hall–Kier alpha value is -2.09. The molecule has 0 aromatic carbocycles. The molecule has 2 saturated carbocycles. The molecule has 2 aromatic rings. The Morgan fingerprint density at radius 2 is 1.84 bits per heavy atom. The summed E-state index contributed by atoms with van der Waals surface area (Å²) in [6.45, 7) is 6.69. The third-order valence-electron chi connectivity index (χ3n) is 7.71. The first kappa shape index (κ1) is 20.8. The summed E-state index contributed by atoms with van der Waals surface area (Å²) in [5, 5.41) is 4.75. The van der Waals surface area contributed by atoms with Crippen molar-refractivity contribution in [1.29, 1.82) is 0 Å². The minimum absolute atomic E-state index is 0.197. The number of alkyl halides is 3. The lowest BCUT2D eigenvalue weighted by Crippen LogP contribution is -2.31. The fourth-order valence-electron chi connectivity index (χ4n) is 5.82. The lowest BCUT2D eigenvalue weighted by molar-refractivity contribution is -0.137. The third-order valence-corrected chi connectivity index (χ3v) is 7.71. The van der Waals surface area contributed by atoms with Crippen molar-refractivity contribution in [2.45, 2.75) is 70.1 Å². The molecule has 3 aliphatic rings. The molecule has 5 rings (SSSR count). The molecular formula is C23H30F3N5. The predicted octanol–water partition coefficient (Wildman–Crippen LogP) is 5.10. The largest absolute Gasteiger partial charge is 0.419 e. The first-order valence-electron chi connectivity index (χ1n) is 11.4. The molecule has 0 radical (unpaired) electrons. The van der Waals surface area contributed by atoms with Gasteiger partial charge in [-0.1, -0.05) is 6.92 Å². The zero-order valence-corrected chi connectivity index (χ0v) is 18.1. The number of aromatic nitrogens is 3. The van der Waals surface area contributed by atoms with Crippen molar-refractivity contribution < 1.29 is 13.2 Å². The molecule has 0 bridgehead atoms. The van der Waals surface area contributed by atoms with Crippen molar-refractivity contribution in [1.82, 2.24) is 19.7 Å². The summed E-state index contributed by atoms with van der Waals surface area (Å²) in [5.74, 6) is 1.32. The molecule has 3 atom stereocenters. The number of hydrogen-bond donors (Lipinski definition) is 1. The van der Waals surface area contributed by atoms with Gasteiger partial charge in [-0.3, -0.25) is 4.68 Å². The number of halogens is 3. The van der Waals surface area contributed by atoms with Crippen molar-refractivity contribution >= 4 is 5.82 Å². The number of fused-ring (bicyclic) bond motifs is 1. The van der Waals surface area contributed by atoms with Crippen molar-refractivity contribution in [3.05, 3.63) is 29.6 Å². The van der Waals surface area contributed by atoms with Gasteiger partial charge in [0, 0.05) is 35.5 Å². The maximum Gasteiger partial charge on any atom is 0.419 e. The summed E-state index contributed by atoms with van der Waals surface area (Å²) in [7, 11) is 0. The van der Waals surface area contributed by atoms with Gasteiger partial charge in [0.2, 0.25) is 0 Å². The topological polar surface area (TPSA) is 60.0 Å². The van der Waals surface area contributed by atoms with Gasteiger partial charge >= 0.3 is 6.18 Å². The summed E-state index contributed by atoms with van der Waals surface area (Å²) in [6, 6.07) is 3.98. The summed E-state index contributed by atoms with van der Waals surface area (Å²) in [6.07, 6.45) is 2.88. The Bertz CT molecular complexity index is 951. The van der Waals surface area contributed by atoms with Crippen LogP contribution < -0.4 is 5.73 Å². The second-order valence-electron chi connectivity index (χ2n) is 9.53. The Morgan fingerprint density at radius 3 is 2.45 bits per heavy atom. The molecule has 2 aromatic heterocycles. The number of pyridine rings is 1. The molecule has 0 spiro atoms. The van der Waals surface area contributed by atoms with Crippen molar-refractivity contribution in [2.75, 3.05) is 18.8 Å². The van der Waals surface area contributed by atoms with Crippen LogP contribution in [0.4, 0.5) is 19.0 Å². The van der Waals surface area contributed by atoms with Crippen LogP contribution in [0.3, 0.4) is 0 Å². The normalized spacial score (nSPS) is 29.3. The second kappa shape index (κ2) is 7.50. The molecule has 2 aliphatic carbocycles. The monoisotopic (exact) mass is 433 g/mol. The van der Waals surface area contributed by atoms with Crippen LogP contribution in [-0.2, 0) is 6.18 Å². The van der Waals surface area contributed by atoms with Crippen LogP contribution in [0.5, 0.6) is 0 Å². The van der Waals surface area contributed by atoms with Crippen molar-refractivity contribution in [3.8, 4) is 11.3 Å². The Balaban J connectivity index is 1.43. The van der Waals surface area contributed by atoms with Crippen LogP contribution in [0.2, 0.25) is 0 Å². The van der Waals surface area contributed by atoms with Gasteiger partial charge in [-0.25, -0.2) is 4.98 Å². The van der Waals surface area contributed by atoms with Crippen LogP contribution in [0.1, 0.15) is 69.2 Å². The summed E-state index contributed by atoms with van der Waals surface area (Å²) >= 11 is 0. The molecule has 1 saturated heterocycles. The van der Waals surface area contributed by atoms with Crippen molar-refractivity contribution in [3.63, 3.8) is 0 Å². The second-order valence-corrected chi connectivity index (χ2v) is 9.53. The number of nitrogens with two attached hydrogens (primary N) is 1. The molecule has 31 heavy (non-hydrogen) atoms. The lowest BCUT2D eigenvalue weighted by atomic mass is 10.0. The SMILES string of the molecule is CCC(C)n1nc(-c2cnc(N)c(C(F)(F)F)c2)cc1C1C2CC(N3CCCC3)CC21. The van der Waals surface area contributed by atoms with E-state index in [0.29, 0.717) is 35.1 Å².